The predicted octanol–water partition coefficient (Wildman–Crippen LogP) is 2.93. The van der Waals surface area contributed by atoms with Crippen molar-refractivity contribution in [3.8, 4) is 0 Å². The summed E-state index contributed by atoms with van der Waals surface area (Å²) in [6.07, 6.45) is 3.48. The first kappa shape index (κ1) is 17.4. The van der Waals surface area contributed by atoms with E-state index in [1.165, 1.54) is 6.08 Å². The monoisotopic (exact) mass is 323 g/mol. The van der Waals surface area contributed by atoms with Crippen molar-refractivity contribution >= 4 is 29.3 Å². The van der Waals surface area contributed by atoms with E-state index in [4.69, 9.17) is 5.73 Å². The molecular formula is C19H21N3O2. The molecule has 0 radical (unpaired) electrons. The molecule has 0 bridgehead atoms. The van der Waals surface area contributed by atoms with Gasteiger partial charge in [-0.3, -0.25) is 9.59 Å². The predicted molar refractivity (Wildman–Crippen MR) is 97.6 cm³/mol. The quantitative estimate of drug-likeness (QED) is 0.715. The normalized spacial score (nSPS) is 10.6. The number of nitrogens with two attached hydrogens (primary N) is 1. The Morgan fingerprint density at radius 2 is 1.83 bits per heavy atom. The topological polar surface area (TPSA) is 84.2 Å². The van der Waals surface area contributed by atoms with E-state index in [2.05, 4.69) is 10.6 Å². The van der Waals surface area contributed by atoms with Gasteiger partial charge in [0.25, 0.3) is 0 Å². The Hall–Kier alpha value is -2.92. The maximum absolute atomic E-state index is 12.0. The summed E-state index contributed by atoms with van der Waals surface area (Å²) in [6.45, 7) is 2.19. The lowest BCUT2D eigenvalue weighted by molar-refractivity contribution is -0.116. The molecule has 0 fully saturated rings. The lowest BCUT2D eigenvalue weighted by atomic mass is 10.1. The van der Waals surface area contributed by atoms with E-state index in [1.807, 2.05) is 43.3 Å². The zero-order valence-corrected chi connectivity index (χ0v) is 13.6. The Balaban J connectivity index is 2.03. The molecule has 0 saturated carbocycles. The third-order valence-corrected chi connectivity index (χ3v) is 3.38. The smallest absolute Gasteiger partial charge is 0.248 e. The van der Waals surface area contributed by atoms with E-state index in [1.54, 1.807) is 18.2 Å². The number of anilines is 2. The fraction of sp³-hybridized carbons (Fsp3) is 0.158. The van der Waals surface area contributed by atoms with Gasteiger partial charge in [0.2, 0.25) is 11.8 Å². The van der Waals surface area contributed by atoms with Crippen molar-refractivity contribution < 1.29 is 9.59 Å². The highest BCUT2D eigenvalue weighted by Crippen LogP contribution is 2.20. The molecule has 0 aliphatic heterocycles. The van der Waals surface area contributed by atoms with Gasteiger partial charge in [0.1, 0.15) is 0 Å². The number of carbonyl (C=O) groups excluding carboxylic acids is 2. The summed E-state index contributed by atoms with van der Waals surface area (Å²) in [4.78, 5) is 23.7. The first-order valence-corrected chi connectivity index (χ1v) is 7.73. The first-order chi connectivity index (χ1) is 11.6. The van der Waals surface area contributed by atoms with Crippen LogP contribution in [0.25, 0.3) is 6.08 Å². The molecule has 0 aliphatic rings. The van der Waals surface area contributed by atoms with Gasteiger partial charge in [-0.2, -0.15) is 0 Å². The second-order valence-corrected chi connectivity index (χ2v) is 5.35. The van der Waals surface area contributed by atoms with Gasteiger partial charge in [0.05, 0.1) is 0 Å². The largest absolute Gasteiger partial charge is 0.330 e. The third kappa shape index (κ3) is 5.37. The molecule has 5 nitrogen and oxygen atoms in total. The molecule has 2 aromatic carbocycles. The Morgan fingerprint density at radius 1 is 1.08 bits per heavy atom. The molecule has 0 spiro atoms. The van der Waals surface area contributed by atoms with E-state index >= 15 is 0 Å². The first-order valence-electron chi connectivity index (χ1n) is 7.73. The second kappa shape index (κ2) is 8.64. The molecule has 5 heteroatoms. The summed E-state index contributed by atoms with van der Waals surface area (Å²) in [5.41, 5.74) is 8.52. The molecule has 4 N–H and O–H groups in total. The third-order valence-electron chi connectivity index (χ3n) is 3.38. The van der Waals surface area contributed by atoms with Crippen molar-refractivity contribution in [1.29, 1.82) is 0 Å². The highest BCUT2D eigenvalue weighted by Gasteiger charge is 2.06. The average molecular weight is 323 g/mol. The number of hydrogen-bond donors (Lipinski definition) is 3. The fourth-order valence-electron chi connectivity index (χ4n) is 2.10. The molecule has 0 aliphatic carbocycles. The van der Waals surface area contributed by atoms with E-state index < -0.39 is 0 Å². The van der Waals surface area contributed by atoms with Crippen LogP contribution in [-0.2, 0) is 9.59 Å². The molecule has 124 valence electrons. The van der Waals surface area contributed by atoms with Crippen LogP contribution in [0.2, 0.25) is 0 Å². The van der Waals surface area contributed by atoms with Crippen LogP contribution in [0.15, 0.2) is 54.6 Å². The Morgan fingerprint density at radius 3 is 2.54 bits per heavy atom. The molecule has 2 amide bonds. The Labute approximate surface area is 141 Å². The molecule has 0 atom stereocenters. The van der Waals surface area contributed by atoms with Crippen molar-refractivity contribution in [3.63, 3.8) is 0 Å². The molecule has 24 heavy (non-hydrogen) atoms. The molecule has 0 heterocycles. The molecule has 0 unspecified atom stereocenters. The lowest BCUT2D eigenvalue weighted by Crippen LogP contribution is -2.17. The van der Waals surface area contributed by atoms with E-state index in [0.717, 1.165) is 11.1 Å². The van der Waals surface area contributed by atoms with Crippen molar-refractivity contribution in [2.75, 3.05) is 17.2 Å². The Bertz CT molecular complexity index is 740. The summed E-state index contributed by atoms with van der Waals surface area (Å²) < 4.78 is 0. The van der Waals surface area contributed by atoms with Crippen LogP contribution in [0.5, 0.6) is 0 Å². The summed E-state index contributed by atoms with van der Waals surface area (Å²) in [7, 11) is 0. The molecular weight excluding hydrogens is 302 g/mol. The van der Waals surface area contributed by atoms with Gasteiger partial charge < -0.3 is 16.4 Å². The van der Waals surface area contributed by atoms with Crippen LogP contribution in [0.1, 0.15) is 17.5 Å². The molecule has 2 aromatic rings. The van der Waals surface area contributed by atoms with Gasteiger partial charge in [-0.05, 0) is 36.3 Å². The highest BCUT2D eigenvalue weighted by atomic mass is 16.2. The summed E-state index contributed by atoms with van der Waals surface area (Å²) >= 11 is 0. The Kier molecular flexibility index (Phi) is 6.28. The number of aryl methyl sites for hydroxylation is 1. The van der Waals surface area contributed by atoms with Crippen LogP contribution < -0.4 is 16.4 Å². The van der Waals surface area contributed by atoms with Gasteiger partial charge in [-0.1, -0.05) is 36.4 Å². The molecule has 0 saturated heterocycles. The van der Waals surface area contributed by atoms with Crippen LogP contribution in [-0.4, -0.2) is 18.4 Å². The SMILES string of the molecule is Cc1ccc(NC(=O)/C=C/c2ccccc2)cc1NC(=O)CCN. The van der Waals surface area contributed by atoms with Crippen LogP contribution in [0.4, 0.5) is 11.4 Å². The van der Waals surface area contributed by atoms with Crippen LogP contribution in [0, 0.1) is 6.92 Å². The summed E-state index contributed by atoms with van der Waals surface area (Å²) in [5.74, 6) is -0.380. The van der Waals surface area contributed by atoms with Gasteiger partial charge in [0.15, 0.2) is 0 Å². The summed E-state index contributed by atoms with van der Waals surface area (Å²) in [5, 5.41) is 5.58. The van der Waals surface area contributed by atoms with E-state index in [-0.39, 0.29) is 18.2 Å². The van der Waals surface area contributed by atoms with Gasteiger partial charge in [-0.25, -0.2) is 0 Å². The van der Waals surface area contributed by atoms with E-state index in [0.29, 0.717) is 17.9 Å². The number of nitrogens with one attached hydrogen (secondary N) is 2. The number of carbonyl (C=O) groups is 2. The van der Waals surface area contributed by atoms with Crippen LogP contribution >= 0.6 is 0 Å². The highest BCUT2D eigenvalue weighted by molar-refractivity contribution is 6.02. The van der Waals surface area contributed by atoms with Crippen LogP contribution in [0.3, 0.4) is 0 Å². The maximum atomic E-state index is 12.0. The van der Waals surface area contributed by atoms with Crippen molar-refractivity contribution in [1.82, 2.24) is 0 Å². The maximum Gasteiger partial charge on any atom is 0.248 e. The minimum atomic E-state index is -0.234. The number of rotatable bonds is 6. The second-order valence-electron chi connectivity index (χ2n) is 5.35. The number of amides is 2. The zero-order valence-electron chi connectivity index (χ0n) is 13.6. The molecule has 0 aromatic heterocycles. The van der Waals surface area contributed by atoms with Gasteiger partial charge >= 0.3 is 0 Å². The number of hydrogen-bond acceptors (Lipinski definition) is 3. The minimum absolute atomic E-state index is 0.145. The van der Waals surface area contributed by atoms with Gasteiger partial charge in [-0.15, -0.1) is 0 Å². The number of benzene rings is 2. The van der Waals surface area contributed by atoms with Crippen molar-refractivity contribution in [2.24, 2.45) is 5.73 Å². The zero-order chi connectivity index (χ0) is 17.4. The minimum Gasteiger partial charge on any atom is -0.330 e. The van der Waals surface area contributed by atoms with Gasteiger partial charge in [0, 0.05) is 30.4 Å². The lowest BCUT2D eigenvalue weighted by Gasteiger charge is -2.10. The standard InChI is InChI=1S/C19H21N3O2/c1-14-7-9-16(13-17(14)22-19(24)11-12-20)21-18(23)10-8-15-5-3-2-4-6-15/h2-10,13H,11-12,20H2,1H3,(H,21,23)(H,22,24)/b10-8+. The van der Waals surface area contributed by atoms with Crippen molar-refractivity contribution in [2.45, 2.75) is 13.3 Å². The fourth-order valence-corrected chi connectivity index (χ4v) is 2.10. The van der Waals surface area contributed by atoms with E-state index in [9.17, 15) is 9.59 Å². The average Bonchev–Trinajstić information content (AvgIpc) is 2.57. The molecule has 2 rings (SSSR count). The van der Waals surface area contributed by atoms with Crippen molar-refractivity contribution in [3.05, 3.63) is 65.7 Å². The summed E-state index contributed by atoms with van der Waals surface area (Å²) in [6, 6.07) is 14.9.